The summed E-state index contributed by atoms with van der Waals surface area (Å²) in [6, 6.07) is 44.6. The van der Waals surface area contributed by atoms with Crippen LogP contribution in [0, 0.1) is 22.7 Å². The molecule has 0 atom stereocenters. The van der Waals surface area contributed by atoms with Crippen molar-refractivity contribution in [3.05, 3.63) is 132 Å². The molecule has 0 amide bonds. The van der Waals surface area contributed by atoms with Crippen molar-refractivity contribution >= 4 is 43.9 Å². The third-order valence-corrected chi connectivity index (χ3v) is 7.91. The second-order valence-corrected chi connectivity index (χ2v) is 10.4. The van der Waals surface area contributed by atoms with Gasteiger partial charge >= 0.3 is 0 Å². The van der Waals surface area contributed by atoms with Gasteiger partial charge in [-0.25, -0.2) is 0 Å². The lowest BCUT2D eigenvalue weighted by atomic mass is 9.91. The lowest BCUT2D eigenvalue weighted by Crippen LogP contribution is -1.88. The maximum absolute atomic E-state index is 9.59. The molecule has 0 aliphatic carbocycles. The molecule has 8 rings (SSSR count). The maximum Gasteiger partial charge on any atom is 0.143 e. The van der Waals surface area contributed by atoms with Gasteiger partial charge < -0.3 is 8.83 Å². The Bertz CT molecular complexity index is 2450. The molecule has 0 unspecified atom stereocenters. The van der Waals surface area contributed by atoms with Crippen molar-refractivity contribution < 1.29 is 8.83 Å². The molecule has 194 valence electrons. The minimum absolute atomic E-state index is 0.594. The molecule has 4 heteroatoms. The van der Waals surface area contributed by atoms with Crippen LogP contribution in [0.5, 0.6) is 0 Å². The van der Waals surface area contributed by atoms with Gasteiger partial charge in [0.1, 0.15) is 22.3 Å². The average Bonchev–Trinajstić information content (AvgIpc) is 3.62. The first kappa shape index (κ1) is 23.8. The summed E-state index contributed by atoms with van der Waals surface area (Å²) in [4.78, 5) is 0. The first-order valence-corrected chi connectivity index (χ1v) is 13.6. The Kier molecular flexibility index (Phi) is 5.22. The molecule has 0 bridgehead atoms. The third-order valence-electron chi connectivity index (χ3n) is 7.91. The Hall–Kier alpha value is -6.10. The molecule has 4 nitrogen and oxygen atoms in total. The van der Waals surface area contributed by atoms with E-state index < -0.39 is 0 Å². The van der Waals surface area contributed by atoms with Crippen LogP contribution >= 0.6 is 0 Å². The van der Waals surface area contributed by atoms with Crippen LogP contribution in [0.4, 0.5) is 0 Å². The van der Waals surface area contributed by atoms with E-state index in [4.69, 9.17) is 8.83 Å². The van der Waals surface area contributed by atoms with Gasteiger partial charge in [0.2, 0.25) is 0 Å². The van der Waals surface area contributed by atoms with E-state index >= 15 is 0 Å². The largest absolute Gasteiger partial charge is 0.455 e. The van der Waals surface area contributed by atoms with Crippen molar-refractivity contribution in [2.24, 2.45) is 0 Å². The van der Waals surface area contributed by atoms with Crippen molar-refractivity contribution in [2.75, 3.05) is 0 Å². The predicted molar refractivity (Wildman–Crippen MR) is 167 cm³/mol. The summed E-state index contributed by atoms with van der Waals surface area (Å²) < 4.78 is 12.8. The summed E-state index contributed by atoms with van der Waals surface area (Å²) in [5.74, 6) is 0. The van der Waals surface area contributed by atoms with E-state index in [9.17, 15) is 10.5 Å². The molecule has 0 spiro atoms. The highest BCUT2D eigenvalue weighted by atomic mass is 16.3. The van der Waals surface area contributed by atoms with Gasteiger partial charge in [-0.2, -0.15) is 10.5 Å². The zero-order valence-electron chi connectivity index (χ0n) is 22.3. The summed E-state index contributed by atoms with van der Waals surface area (Å²) in [5.41, 5.74) is 10.2. The Morgan fingerprint density at radius 2 is 0.976 bits per heavy atom. The summed E-state index contributed by atoms with van der Waals surface area (Å²) >= 11 is 0. The van der Waals surface area contributed by atoms with Gasteiger partial charge in [0.05, 0.1) is 23.3 Å². The van der Waals surface area contributed by atoms with Crippen molar-refractivity contribution in [1.82, 2.24) is 0 Å². The molecule has 0 radical (unpaired) electrons. The third kappa shape index (κ3) is 3.68. The molecule has 8 aromatic rings. The van der Waals surface area contributed by atoms with Crippen molar-refractivity contribution in [2.45, 2.75) is 0 Å². The van der Waals surface area contributed by atoms with Crippen LogP contribution < -0.4 is 0 Å². The molecule has 0 N–H and O–H groups in total. The number of benzene rings is 6. The monoisotopic (exact) mass is 536 g/mol. The van der Waals surface area contributed by atoms with Gasteiger partial charge in [-0.15, -0.1) is 0 Å². The fraction of sp³-hybridized carbons (Fsp3) is 0. The fourth-order valence-electron chi connectivity index (χ4n) is 5.94. The normalized spacial score (nSPS) is 11.3. The molecule has 0 fully saturated rings. The lowest BCUT2D eigenvalue weighted by Gasteiger charge is -2.12. The highest BCUT2D eigenvalue weighted by Crippen LogP contribution is 2.42. The van der Waals surface area contributed by atoms with Crippen LogP contribution in [-0.2, 0) is 0 Å². The van der Waals surface area contributed by atoms with E-state index in [1.54, 1.807) is 6.07 Å². The SMILES string of the molecule is N#Cc1cccc(-c2cc(-c3cccc4c3oc3ccccc34)cc(-c3cccc4c3oc3ccc(C#N)cc34)c2)c1. The highest BCUT2D eigenvalue weighted by Gasteiger charge is 2.17. The number of hydrogen-bond donors (Lipinski definition) is 0. The summed E-state index contributed by atoms with van der Waals surface area (Å²) in [6.07, 6.45) is 0. The molecule has 6 aromatic carbocycles. The van der Waals surface area contributed by atoms with E-state index in [2.05, 4.69) is 60.7 Å². The van der Waals surface area contributed by atoms with Crippen LogP contribution in [0.3, 0.4) is 0 Å². The van der Waals surface area contributed by atoms with Gasteiger partial charge in [0, 0.05) is 32.7 Å². The first-order valence-electron chi connectivity index (χ1n) is 13.6. The minimum atomic E-state index is 0.594. The Morgan fingerprint density at radius 1 is 0.405 bits per heavy atom. The standard InChI is InChI=1S/C38H20N2O2/c39-21-23-6-3-7-25(16-23)26-18-27(29-9-4-11-32-31-8-1-2-13-35(31)41-37(29)32)20-28(19-26)30-10-5-12-33-34-17-24(22-40)14-15-36(34)42-38(30)33/h1-20H. The molecule has 2 aromatic heterocycles. The minimum Gasteiger partial charge on any atom is -0.455 e. The fourth-order valence-corrected chi connectivity index (χ4v) is 5.94. The Morgan fingerprint density at radius 3 is 1.69 bits per heavy atom. The number of rotatable bonds is 3. The zero-order chi connectivity index (χ0) is 28.2. The summed E-state index contributed by atoms with van der Waals surface area (Å²) in [6.45, 7) is 0. The van der Waals surface area contributed by atoms with Crippen molar-refractivity contribution in [3.8, 4) is 45.5 Å². The molecule has 0 aliphatic rings. The predicted octanol–water partition coefficient (Wildman–Crippen LogP) is 10.2. The number of para-hydroxylation sites is 3. The molecule has 42 heavy (non-hydrogen) atoms. The van der Waals surface area contributed by atoms with Crippen LogP contribution in [0.25, 0.3) is 77.3 Å². The number of fused-ring (bicyclic) bond motifs is 6. The second-order valence-electron chi connectivity index (χ2n) is 10.4. The lowest BCUT2D eigenvalue weighted by molar-refractivity contribution is 0.670. The van der Waals surface area contributed by atoms with Crippen LogP contribution in [0.1, 0.15) is 11.1 Å². The van der Waals surface area contributed by atoms with Gasteiger partial charge in [-0.3, -0.25) is 0 Å². The van der Waals surface area contributed by atoms with Gasteiger partial charge in [0.25, 0.3) is 0 Å². The van der Waals surface area contributed by atoms with Crippen molar-refractivity contribution in [3.63, 3.8) is 0 Å². The van der Waals surface area contributed by atoms with E-state index in [-0.39, 0.29) is 0 Å². The number of nitrogens with zero attached hydrogens (tertiary/aromatic N) is 2. The number of nitriles is 2. The molecule has 0 saturated heterocycles. The average molecular weight is 537 g/mol. The summed E-state index contributed by atoms with van der Waals surface area (Å²) in [7, 11) is 0. The van der Waals surface area contributed by atoms with Crippen LogP contribution in [0.2, 0.25) is 0 Å². The van der Waals surface area contributed by atoms with Gasteiger partial charge in [-0.05, 0) is 76.9 Å². The van der Waals surface area contributed by atoms with Gasteiger partial charge in [-0.1, -0.05) is 66.7 Å². The highest BCUT2D eigenvalue weighted by molar-refractivity contribution is 6.12. The molecule has 0 aliphatic heterocycles. The van der Waals surface area contributed by atoms with Crippen LogP contribution in [-0.4, -0.2) is 0 Å². The zero-order valence-corrected chi connectivity index (χ0v) is 22.3. The first-order chi connectivity index (χ1) is 20.7. The quantitative estimate of drug-likeness (QED) is 0.225. The van der Waals surface area contributed by atoms with E-state index in [1.165, 1.54) is 0 Å². The summed E-state index contributed by atoms with van der Waals surface area (Å²) in [5, 5.41) is 23.1. The second kappa shape index (κ2) is 9.24. The van der Waals surface area contributed by atoms with E-state index in [0.717, 1.165) is 77.3 Å². The Balaban J connectivity index is 1.42. The molecule has 0 saturated carbocycles. The van der Waals surface area contributed by atoms with Crippen LogP contribution in [0.15, 0.2) is 130 Å². The molecular weight excluding hydrogens is 516 g/mol. The van der Waals surface area contributed by atoms with Gasteiger partial charge in [0.15, 0.2) is 0 Å². The van der Waals surface area contributed by atoms with E-state index in [1.807, 2.05) is 66.7 Å². The van der Waals surface area contributed by atoms with Crippen molar-refractivity contribution in [1.29, 1.82) is 10.5 Å². The Labute approximate surface area is 240 Å². The smallest absolute Gasteiger partial charge is 0.143 e. The number of furan rings is 2. The van der Waals surface area contributed by atoms with E-state index in [0.29, 0.717) is 11.1 Å². The molecular formula is C38H20N2O2. The molecule has 2 heterocycles. The maximum atomic E-state index is 9.59. The number of hydrogen-bond acceptors (Lipinski definition) is 4. The topological polar surface area (TPSA) is 73.9 Å².